The summed E-state index contributed by atoms with van der Waals surface area (Å²) >= 11 is 5.74. The quantitative estimate of drug-likeness (QED) is 0.756. The van der Waals surface area contributed by atoms with Gasteiger partial charge in [-0.2, -0.15) is 0 Å². The lowest BCUT2D eigenvalue weighted by Gasteiger charge is -2.20. The number of likely N-dealkylation sites (N-methyl/N-ethyl adjacent to an activating group) is 1. The van der Waals surface area contributed by atoms with Gasteiger partial charge in [-0.25, -0.2) is 4.98 Å². The van der Waals surface area contributed by atoms with E-state index in [2.05, 4.69) is 16.9 Å². The van der Waals surface area contributed by atoms with Gasteiger partial charge < -0.3 is 4.74 Å². The Bertz CT molecular complexity index is 322. The maximum absolute atomic E-state index is 5.74. The van der Waals surface area contributed by atoms with Crippen molar-refractivity contribution in [2.45, 2.75) is 25.5 Å². The summed E-state index contributed by atoms with van der Waals surface area (Å²) in [6.45, 7) is 2.80. The molecule has 0 radical (unpaired) electrons. The Morgan fingerprint density at radius 2 is 2.44 bits per heavy atom. The first-order valence-corrected chi connectivity index (χ1v) is 6.02. The molecule has 2 rings (SSSR count). The van der Waals surface area contributed by atoms with E-state index in [-0.39, 0.29) is 0 Å². The second-order valence-corrected chi connectivity index (χ2v) is 4.71. The highest BCUT2D eigenvalue weighted by atomic mass is 35.5. The summed E-state index contributed by atoms with van der Waals surface area (Å²) in [6, 6.07) is 3.85. The molecule has 1 aromatic heterocycles. The second kappa shape index (κ2) is 5.62. The third-order valence-corrected chi connectivity index (χ3v) is 3.00. The number of nitrogens with zero attached hydrogens (tertiary/aromatic N) is 2. The standard InChI is InChI=1S/C12H17ClN2O/c1-15(9-11-3-2-6-16-11)8-10-4-5-12(13)14-7-10/h4-5,7,11H,2-3,6,8-9H2,1H3. The van der Waals surface area contributed by atoms with Gasteiger partial charge in [-0.1, -0.05) is 17.7 Å². The number of hydrogen-bond acceptors (Lipinski definition) is 3. The van der Waals surface area contributed by atoms with Crippen LogP contribution in [0.4, 0.5) is 0 Å². The lowest BCUT2D eigenvalue weighted by atomic mass is 10.2. The van der Waals surface area contributed by atoms with Crippen molar-refractivity contribution in [2.75, 3.05) is 20.2 Å². The van der Waals surface area contributed by atoms with Gasteiger partial charge >= 0.3 is 0 Å². The van der Waals surface area contributed by atoms with Crippen molar-refractivity contribution in [2.24, 2.45) is 0 Å². The zero-order valence-corrected chi connectivity index (χ0v) is 10.3. The van der Waals surface area contributed by atoms with Crippen molar-refractivity contribution in [3.63, 3.8) is 0 Å². The SMILES string of the molecule is CN(Cc1ccc(Cl)nc1)CC1CCCO1. The Hall–Kier alpha value is -0.640. The minimum Gasteiger partial charge on any atom is -0.377 e. The van der Waals surface area contributed by atoms with Crippen molar-refractivity contribution in [1.29, 1.82) is 0 Å². The number of rotatable bonds is 4. The summed E-state index contributed by atoms with van der Waals surface area (Å²) in [4.78, 5) is 6.34. The molecule has 16 heavy (non-hydrogen) atoms. The first-order valence-electron chi connectivity index (χ1n) is 5.64. The van der Waals surface area contributed by atoms with Gasteiger partial charge in [-0.15, -0.1) is 0 Å². The van der Waals surface area contributed by atoms with Crippen LogP contribution in [0.2, 0.25) is 5.15 Å². The molecule has 0 amide bonds. The molecule has 0 bridgehead atoms. The van der Waals surface area contributed by atoms with Gasteiger partial charge in [0.1, 0.15) is 5.15 Å². The fourth-order valence-corrected chi connectivity index (χ4v) is 2.12. The Kier molecular flexibility index (Phi) is 4.16. The molecule has 1 aromatic rings. The van der Waals surface area contributed by atoms with Crippen LogP contribution in [0.1, 0.15) is 18.4 Å². The van der Waals surface area contributed by atoms with Gasteiger partial charge in [0.05, 0.1) is 6.10 Å². The van der Waals surface area contributed by atoms with Gasteiger partial charge in [0.2, 0.25) is 0 Å². The molecule has 0 N–H and O–H groups in total. The lowest BCUT2D eigenvalue weighted by Crippen LogP contribution is -2.28. The molecule has 2 heterocycles. The van der Waals surface area contributed by atoms with E-state index < -0.39 is 0 Å². The van der Waals surface area contributed by atoms with Crippen LogP contribution in [0, 0.1) is 0 Å². The van der Waals surface area contributed by atoms with E-state index in [1.807, 2.05) is 18.3 Å². The van der Waals surface area contributed by atoms with Crippen LogP contribution in [0.3, 0.4) is 0 Å². The first kappa shape index (κ1) is 11.8. The zero-order chi connectivity index (χ0) is 11.4. The molecule has 1 atom stereocenters. The highest BCUT2D eigenvalue weighted by molar-refractivity contribution is 6.29. The average molecular weight is 241 g/mol. The Morgan fingerprint density at radius 1 is 1.56 bits per heavy atom. The summed E-state index contributed by atoms with van der Waals surface area (Å²) in [6.07, 6.45) is 4.61. The van der Waals surface area contributed by atoms with Gasteiger partial charge in [0.15, 0.2) is 0 Å². The number of halogens is 1. The normalized spacial score (nSPS) is 20.6. The highest BCUT2D eigenvalue weighted by Gasteiger charge is 2.17. The molecular formula is C12H17ClN2O. The van der Waals surface area contributed by atoms with Crippen LogP contribution in [-0.2, 0) is 11.3 Å². The second-order valence-electron chi connectivity index (χ2n) is 4.32. The van der Waals surface area contributed by atoms with E-state index in [1.54, 1.807) is 0 Å². The number of hydrogen-bond donors (Lipinski definition) is 0. The molecule has 3 nitrogen and oxygen atoms in total. The number of pyridine rings is 1. The van der Waals surface area contributed by atoms with E-state index in [0.29, 0.717) is 11.3 Å². The van der Waals surface area contributed by atoms with Crippen LogP contribution in [0.15, 0.2) is 18.3 Å². The zero-order valence-electron chi connectivity index (χ0n) is 9.53. The minimum absolute atomic E-state index is 0.408. The molecule has 1 aliphatic rings. The topological polar surface area (TPSA) is 25.4 Å². The highest BCUT2D eigenvalue weighted by Crippen LogP contribution is 2.14. The summed E-state index contributed by atoms with van der Waals surface area (Å²) in [5.74, 6) is 0. The first-order chi connectivity index (χ1) is 7.74. The minimum atomic E-state index is 0.408. The third-order valence-electron chi connectivity index (χ3n) is 2.78. The number of ether oxygens (including phenoxy) is 1. The van der Waals surface area contributed by atoms with E-state index in [0.717, 1.165) is 19.7 Å². The van der Waals surface area contributed by atoms with E-state index >= 15 is 0 Å². The molecule has 1 unspecified atom stereocenters. The summed E-state index contributed by atoms with van der Waals surface area (Å²) in [5.41, 5.74) is 1.19. The molecule has 1 aliphatic heterocycles. The molecular weight excluding hydrogens is 224 g/mol. The predicted molar refractivity (Wildman–Crippen MR) is 64.6 cm³/mol. The summed E-state index contributed by atoms with van der Waals surface area (Å²) < 4.78 is 5.60. The molecule has 0 saturated carbocycles. The Labute approximate surface area is 101 Å². The summed E-state index contributed by atoms with van der Waals surface area (Å²) in [5, 5.41) is 0.547. The van der Waals surface area contributed by atoms with Crippen molar-refractivity contribution in [1.82, 2.24) is 9.88 Å². The molecule has 1 saturated heterocycles. The predicted octanol–water partition coefficient (Wildman–Crippen LogP) is 2.35. The van der Waals surface area contributed by atoms with E-state index in [1.165, 1.54) is 18.4 Å². The van der Waals surface area contributed by atoms with Crippen LogP contribution < -0.4 is 0 Å². The Morgan fingerprint density at radius 3 is 3.06 bits per heavy atom. The van der Waals surface area contributed by atoms with Crippen molar-refractivity contribution in [3.05, 3.63) is 29.0 Å². The van der Waals surface area contributed by atoms with Gasteiger partial charge in [0, 0.05) is 25.9 Å². The van der Waals surface area contributed by atoms with Crippen LogP contribution in [0.25, 0.3) is 0 Å². The van der Waals surface area contributed by atoms with Gasteiger partial charge in [-0.05, 0) is 31.5 Å². The van der Waals surface area contributed by atoms with Crippen molar-refractivity contribution < 1.29 is 4.74 Å². The molecule has 0 aromatic carbocycles. The smallest absolute Gasteiger partial charge is 0.129 e. The molecule has 0 aliphatic carbocycles. The van der Waals surface area contributed by atoms with Crippen LogP contribution >= 0.6 is 11.6 Å². The largest absolute Gasteiger partial charge is 0.377 e. The fourth-order valence-electron chi connectivity index (χ4n) is 2.01. The van der Waals surface area contributed by atoms with E-state index in [9.17, 15) is 0 Å². The molecule has 88 valence electrons. The van der Waals surface area contributed by atoms with Crippen LogP contribution in [0.5, 0.6) is 0 Å². The average Bonchev–Trinajstić information content (AvgIpc) is 2.74. The third kappa shape index (κ3) is 3.44. The lowest BCUT2D eigenvalue weighted by molar-refractivity contribution is 0.0793. The molecule has 4 heteroatoms. The van der Waals surface area contributed by atoms with Gasteiger partial charge in [0.25, 0.3) is 0 Å². The summed E-state index contributed by atoms with van der Waals surface area (Å²) in [7, 11) is 2.11. The maximum atomic E-state index is 5.74. The fraction of sp³-hybridized carbons (Fsp3) is 0.583. The molecule has 1 fully saturated rings. The monoisotopic (exact) mass is 240 g/mol. The number of aromatic nitrogens is 1. The maximum Gasteiger partial charge on any atom is 0.129 e. The van der Waals surface area contributed by atoms with Crippen LogP contribution in [-0.4, -0.2) is 36.2 Å². The van der Waals surface area contributed by atoms with Crippen molar-refractivity contribution in [3.8, 4) is 0 Å². The van der Waals surface area contributed by atoms with E-state index in [4.69, 9.17) is 16.3 Å². The molecule has 0 spiro atoms. The Balaban J connectivity index is 1.81. The van der Waals surface area contributed by atoms with Gasteiger partial charge in [-0.3, -0.25) is 4.90 Å². The van der Waals surface area contributed by atoms with Crippen molar-refractivity contribution >= 4 is 11.6 Å².